The SMILES string of the molecule is CC(Cc1cccs1)Nc1ccc2ccccc2c1. The van der Waals surface area contributed by atoms with Crippen LogP contribution in [0.15, 0.2) is 60.0 Å². The molecule has 1 unspecified atom stereocenters. The largest absolute Gasteiger partial charge is 0.382 e. The van der Waals surface area contributed by atoms with Gasteiger partial charge in [0.2, 0.25) is 0 Å². The van der Waals surface area contributed by atoms with Gasteiger partial charge in [0.1, 0.15) is 0 Å². The molecule has 1 aromatic heterocycles. The van der Waals surface area contributed by atoms with E-state index in [1.807, 2.05) is 11.3 Å². The Labute approximate surface area is 117 Å². The zero-order valence-electron chi connectivity index (χ0n) is 11.0. The van der Waals surface area contributed by atoms with Crippen molar-refractivity contribution in [3.63, 3.8) is 0 Å². The zero-order valence-corrected chi connectivity index (χ0v) is 11.8. The fourth-order valence-electron chi connectivity index (χ4n) is 2.35. The predicted octanol–water partition coefficient (Wildman–Crippen LogP) is 4.94. The van der Waals surface area contributed by atoms with Gasteiger partial charge in [-0.15, -0.1) is 11.3 Å². The van der Waals surface area contributed by atoms with Crippen LogP contribution in [0.4, 0.5) is 5.69 Å². The molecule has 0 fully saturated rings. The molecule has 1 atom stereocenters. The molecule has 1 heterocycles. The van der Waals surface area contributed by atoms with E-state index in [2.05, 4.69) is 72.2 Å². The van der Waals surface area contributed by atoms with Gasteiger partial charge in [0.25, 0.3) is 0 Å². The minimum Gasteiger partial charge on any atom is -0.382 e. The highest BCUT2D eigenvalue weighted by molar-refractivity contribution is 7.09. The molecule has 19 heavy (non-hydrogen) atoms. The summed E-state index contributed by atoms with van der Waals surface area (Å²) in [5, 5.41) is 8.29. The molecule has 0 aliphatic carbocycles. The third-order valence-corrected chi connectivity index (χ3v) is 4.15. The van der Waals surface area contributed by atoms with Crippen LogP contribution in [0.3, 0.4) is 0 Å². The van der Waals surface area contributed by atoms with Gasteiger partial charge in [-0.25, -0.2) is 0 Å². The van der Waals surface area contributed by atoms with Crippen molar-refractivity contribution >= 4 is 27.8 Å². The van der Waals surface area contributed by atoms with Gasteiger partial charge in [0.15, 0.2) is 0 Å². The van der Waals surface area contributed by atoms with Crippen molar-refractivity contribution in [3.05, 3.63) is 64.9 Å². The van der Waals surface area contributed by atoms with Gasteiger partial charge in [-0.1, -0.05) is 36.4 Å². The molecule has 0 saturated carbocycles. The summed E-state index contributed by atoms with van der Waals surface area (Å²) in [5.74, 6) is 0. The molecule has 3 aromatic rings. The Bertz CT molecular complexity index is 658. The summed E-state index contributed by atoms with van der Waals surface area (Å²) >= 11 is 1.82. The molecule has 0 aliphatic rings. The van der Waals surface area contributed by atoms with Crippen molar-refractivity contribution in [1.82, 2.24) is 0 Å². The van der Waals surface area contributed by atoms with Gasteiger partial charge in [0, 0.05) is 23.0 Å². The number of fused-ring (bicyclic) bond motifs is 1. The Morgan fingerprint density at radius 2 is 1.84 bits per heavy atom. The van der Waals surface area contributed by atoms with Gasteiger partial charge < -0.3 is 5.32 Å². The van der Waals surface area contributed by atoms with Crippen LogP contribution in [0.25, 0.3) is 10.8 Å². The van der Waals surface area contributed by atoms with Crippen LogP contribution in [0.5, 0.6) is 0 Å². The van der Waals surface area contributed by atoms with E-state index in [-0.39, 0.29) is 0 Å². The van der Waals surface area contributed by atoms with Crippen LogP contribution in [0, 0.1) is 0 Å². The van der Waals surface area contributed by atoms with E-state index < -0.39 is 0 Å². The molecule has 0 spiro atoms. The number of hydrogen-bond acceptors (Lipinski definition) is 2. The number of thiophene rings is 1. The summed E-state index contributed by atoms with van der Waals surface area (Å²) in [6.45, 7) is 2.23. The fourth-order valence-corrected chi connectivity index (χ4v) is 3.18. The van der Waals surface area contributed by atoms with Gasteiger partial charge >= 0.3 is 0 Å². The van der Waals surface area contributed by atoms with Gasteiger partial charge in [-0.05, 0) is 41.3 Å². The lowest BCUT2D eigenvalue weighted by Gasteiger charge is -2.15. The summed E-state index contributed by atoms with van der Waals surface area (Å²) in [7, 11) is 0. The van der Waals surface area contributed by atoms with E-state index in [4.69, 9.17) is 0 Å². The van der Waals surface area contributed by atoms with Crippen LogP contribution in [-0.4, -0.2) is 6.04 Å². The van der Waals surface area contributed by atoms with Crippen molar-refractivity contribution < 1.29 is 0 Å². The molecule has 0 aliphatic heterocycles. The van der Waals surface area contributed by atoms with Crippen LogP contribution >= 0.6 is 11.3 Å². The molecule has 0 amide bonds. The number of hydrogen-bond donors (Lipinski definition) is 1. The van der Waals surface area contributed by atoms with Crippen LogP contribution in [-0.2, 0) is 6.42 Å². The van der Waals surface area contributed by atoms with Crippen molar-refractivity contribution in [1.29, 1.82) is 0 Å². The standard InChI is InChI=1S/C17H17NS/c1-13(11-17-7-4-10-19-17)18-16-9-8-14-5-2-3-6-15(14)12-16/h2-10,12-13,18H,11H2,1H3. The molecule has 0 bridgehead atoms. The first-order chi connectivity index (χ1) is 9.31. The average Bonchev–Trinajstić information content (AvgIpc) is 2.91. The van der Waals surface area contributed by atoms with E-state index in [9.17, 15) is 0 Å². The second-order valence-corrected chi connectivity index (χ2v) is 5.92. The van der Waals surface area contributed by atoms with E-state index in [0.29, 0.717) is 6.04 Å². The maximum atomic E-state index is 3.58. The number of rotatable bonds is 4. The Morgan fingerprint density at radius 3 is 2.63 bits per heavy atom. The average molecular weight is 267 g/mol. The summed E-state index contributed by atoms with van der Waals surface area (Å²) in [6.07, 6.45) is 1.07. The van der Waals surface area contributed by atoms with Crippen molar-refractivity contribution in [2.45, 2.75) is 19.4 Å². The van der Waals surface area contributed by atoms with Gasteiger partial charge in [-0.2, -0.15) is 0 Å². The van der Waals surface area contributed by atoms with Crippen molar-refractivity contribution in [3.8, 4) is 0 Å². The Hall–Kier alpha value is -1.80. The lowest BCUT2D eigenvalue weighted by molar-refractivity contribution is 0.801. The Morgan fingerprint density at radius 1 is 1.00 bits per heavy atom. The maximum absolute atomic E-state index is 3.58. The van der Waals surface area contributed by atoms with Crippen molar-refractivity contribution in [2.24, 2.45) is 0 Å². The predicted molar refractivity (Wildman–Crippen MR) is 85.1 cm³/mol. The van der Waals surface area contributed by atoms with E-state index >= 15 is 0 Å². The zero-order chi connectivity index (χ0) is 13.1. The Kier molecular flexibility index (Phi) is 3.51. The maximum Gasteiger partial charge on any atom is 0.0348 e. The van der Waals surface area contributed by atoms with E-state index in [1.165, 1.54) is 21.3 Å². The molecule has 0 saturated heterocycles. The molecular weight excluding hydrogens is 250 g/mol. The molecule has 1 nitrogen and oxygen atoms in total. The van der Waals surface area contributed by atoms with Crippen LogP contribution in [0.1, 0.15) is 11.8 Å². The first kappa shape index (κ1) is 12.2. The number of benzene rings is 2. The van der Waals surface area contributed by atoms with Gasteiger partial charge in [0.05, 0.1) is 0 Å². The smallest absolute Gasteiger partial charge is 0.0348 e. The Balaban J connectivity index is 1.73. The van der Waals surface area contributed by atoms with Crippen LogP contribution in [0.2, 0.25) is 0 Å². The highest BCUT2D eigenvalue weighted by atomic mass is 32.1. The quantitative estimate of drug-likeness (QED) is 0.705. The summed E-state index contributed by atoms with van der Waals surface area (Å²) < 4.78 is 0. The molecule has 1 N–H and O–H groups in total. The van der Waals surface area contributed by atoms with Crippen molar-refractivity contribution in [2.75, 3.05) is 5.32 Å². The van der Waals surface area contributed by atoms with E-state index in [0.717, 1.165) is 6.42 Å². The minimum absolute atomic E-state index is 0.444. The molecular formula is C17H17NS. The fraction of sp³-hybridized carbons (Fsp3) is 0.176. The molecule has 2 aromatic carbocycles. The first-order valence-electron chi connectivity index (χ1n) is 6.59. The van der Waals surface area contributed by atoms with Crippen LogP contribution < -0.4 is 5.32 Å². The highest BCUT2D eigenvalue weighted by Gasteiger charge is 2.04. The molecule has 2 heteroatoms. The first-order valence-corrected chi connectivity index (χ1v) is 7.47. The van der Waals surface area contributed by atoms with Gasteiger partial charge in [-0.3, -0.25) is 0 Å². The molecule has 3 rings (SSSR count). The number of nitrogens with one attached hydrogen (secondary N) is 1. The third kappa shape index (κ3) is 2.96. The summed E-state index contributed by atoms with van der Waals surface area (Å²) in [4.78, 5) is 1.43. The minimum atomic E-state index is 0.444. The highest BCUT2D eigenvalue weighted by Crippen LogP contribution is 2.20. The normalized spacial score (nSPS) is 12.5. The summed E-state index contributed by atoms with van der Waals surface area (Å²) in [6, 6.07) is 19.8. The second-order valence-electron chi connectivity index (χ2n) is 4.89. The molecule has 96 valence electrons. The lowest BCUT2D eigenvalue weighted by Crippen LogP contribution is -2.17. The second kappa shape index (κ2) is 5.45. The monoisotopic (exact) mass is 267 g/mol. The lowest BCUT2D eigenvalue weighted by atomic mass is 10.1. The molecule has 0 radical (unpaired) electrons. The number of anilines is 1. The van der Waals surface area contributed by atoms with E-state index in [1.54, 1.807) is 0 Å². The third-order valence-electron chi connectivity index (χ3n) is 3.25. The summed E-state index contributed by atoms with van der Waals surface area (Å²) in [5.41, 5.74) is 1.20. The topological polar surface area (TPSA) is 12.0 Å².